The Labute approximate surface area is 95.4 Å². The number of rotatable bonds is 3. The van der Waals surface area contributed by atoms with Crippen molar-refractivity contribution in [2.45, 2.75) is 13.5 Å². The average molecular weight is 213 g/mol. The van der Waals surface area contributed by atoms with E-state index < -0.39 is 0 Å². The van der Waals surface area contributed by atoms with Crippen molar-refractivity contribution in [1.82, 2.24) is 4.57 Å². The first-order chi connectivity index (χ1) is 7.72. The van der Waals surface area contributed by atoms with E-state index in [1.807, 2.05) is 35.0 Å². The number of nitrogens with zero attached hydrogens (tertiary/aromatic N) is 1. The minimum Gasteiger partial charge on any atom is -0.465 e. The fraction of sp³-hybridized carbons (Fsp3) is 0.250. The predicted molar refractivity (Wildman–Crippen MR) is 64.0 cm³/mol. The van der Waals surface area contributed by atoms with Gasteiger partial charge < -0.3 is 9.30 Å². The van der Waals surface area contributed by atoms with E-state index in [0.717, 1.165) is 16.4 Å². The highest BCUT2D eigenvalue weighted by Crippen LogP contribution is 2.12. The Balaban J connectivity index is 2.32. The molecule has 3 nitrogen and oxygen atoms in total. The molecule has 2 aromatic rings. The van der Waals surface area contributed by atoms with E-state index in [2.05, 4.69) is 0 Å². The molecule has 0 aliphatic carbocycles. The van der Waals surface area contributed by atoms with Crippen molar-refractivity contribution < 1.29 is 9.53 Å². The van der Waals surface area contributed by atoms with Crippen molar-refractivity contribution in [3.63, 3.8) is 0 Å². The summed E-state index contributed by atoms with van der Waals surface area (Å²) < 4.78 is 6.74. The van der Waals surface area contributed by atoms with Crippen LogP contribution >= 0.6 is 0 Å². The normalized spacial score (nSPS) is 10.6. The third-order valence-corrected chi connectivity index (χ3v) is 2.45. The molecule has 1 heterocycles. The number of esters is 1. The third-order valence-electron chi connectivity index (χ3n) is 2.45. The second kappa shape index (κ2) is 4.43. The zero-order valence-corrected chi connectivity index (χ0v) is 9.14. The summed E-state index contributed by atoms with van der Waals surface area (Å²) in [4.78, 5) is 11.4. The van der Waals surface area contributed by atoms with Gasteiger partial charge in [-0.15, -0.1) is 0 Å². The molecule has 0 aliphatic rings. The molecule has 0 bridgehead atoms. The first-order valence-corrected chi connectivity index (χ1v) is 5.21. The molecule has 0 unspecified atom stereocenters. The van der Waals surface area contributed by atoms with Crippen LogP contribution in [0.5, 0.6) is 0 Å². The summed E-state index contributed by atoms with van der Waals surface area (Å²) in [6.45, 7) is 2.42. The Morgan fingerprint density at radius 1 is 1.44 bits per heavy atom. The summed E-state index contributed by atoms with van der Waals surface area (Å²) >= 11 is 0. The molecule has 0 amide bonds. The molecule has 2 rings (SSSR count). The van der Waals surface area contributed by atoms with E-state index in [-0.39, 0.29) is 12.5 Å². The van der Waals surface area contributed by atoms with Gasteiger partial charge in [0.05, 0.1) is 6.61 Å². The lowest BCUT2D eigenvalue weighted by molar-refractivity contribution is -0.143. The molecule has 0 saturated heterocycles. The number of fused-ring (bicyclic) bond motifs is 1. The smallest absolute Gasteiger partial charge is 0.325 e. The van der Waals surface area contributed by atoms with E-state index in [1.165, 1.54) is 0 Å². The molecule has 16 heavy (non-hydrogen) atoms. The van der Waals surface area contributed by atoms with Gasteiger partial charge in [-0.3, -0.25) is 4.79 Å². The summed E-state index contributed by atoms with van der Waals surface area (Å²) in [5.74, 6) is -0.234. The molecule has 0 aliphatic heterocycles. The summed E-state index contributed by atoms with van der Waals surface area (Å²) in [5, 5.41) is 0.965. The van der Waals surface area contributed by atoms with Gasteiger partial charge in [-0.05, 0) is 24.4 Å². The maximum absolute atomic E-state index is 11.4. The van der Waals surface area contributed by atoms with Gasteiger partial charge >= 0.3 is 5.97 Å². The number of benzene rings is 1. The summed E-state index contributed by atoms with van der Waals surface area (Å²) in [6, 6.07) is 7.56. The molecule has 80 valence electrons. The maximum Gasteiger partial charge on any atom is 0.325 e. The van der Waals surface area contributed by atoms with Gasteiger partial charge in [0.25, 0.3) is 0 Å². The molecular weight excluding hydrogens is 201 g/mol. The van der Waals surface area contributed by atoms with Gasteiger partial charge in [0.2, 0.25) is 0 Å². The van der Waals surface area contributed by atoms with E-state index in [4.69, 9.17) is 12.6 Å². The molecule has 2 radical (unpaired) electrons. The van der Waals surface area contributed by atoms with E-state index in [1.54, 1.807) is 6.92 Å². The molecule has 0 fully saturated rings. The highest BCUT2D eigenvalue weighted by Gasteiger charge is 2.07. The van der Waals surface area contributed by atoms with Crippen molar-refractivity contribution in [2.24, 2.45) is 0 Å². The van der Waals surface area contributed by atoms with Crippen LogP contribution < -0.4 is 5.46 Å². The van der Waals surface area contributed by atoms with Crippen molar-refractivity contribution in [3.8, 4) is 0 Å². The minimum atomic E-state index is -0.234. The van der Waals surface area contributed by atoms with Crippen LogP contribution in [0.4, 0.5) is 0 Å². The van der Waals surface area contributed by atoms with Crippen LogP contribution in [0.2, 0.25) is 0 Å². The fourth-order valence-electron chi connectivity index (χ4n) is 1.73. The van der Waals surface area contributed by atoms with E-state index in [9.17, 15) is 4.79 Å². The average Bonchev–Trinajstić information content (AvgIpc) is 2.64. The lowest BCUT2D eigenvalue weighted by Crippen LogP contribution is -2.13. The number of ether oxygens (including phenoxy) is 1. The van der Waals surface area contributed by atoms with E-state index >= 15 is 0 Å². The molecule has 1 aromatic heterocycles. The van der Waals surface area contributed by atoms with Gasteiger partial charge in [0.15, 0.2) is 0 Å². The first kappa shape index (κ1) is 10.8. The molecule has 0 spiro atoms. The minimum absolute atomic E-state index is 0.223. The van der Waals surface area contributed by atoms with Crippen LogP contribution in [0.15, 0.2) is 30.5 Å². The molecule has 0 saturated carbocycles. The van der Waals surface area contributed by atoms with Crippen molar-refractivity contribution in [2.75, 3.05) is 6.61 Å². The fourth-order valence-corrected chi connectivity index (χ4v) is 1.73. The van der Waals surface area contributed by atoms with Crippen LogP contribution in [0, 0.1) is 0 Å². The highest BCUT2D eigenvalue weighted by molar-refractivity contribution is 6.38. The number of carbonyl (C=O) groups is 1. The monoisotopic (exact) mass is 213 g/mol. The lowest BCUT2D eigenvalue weighted by atomic mass is 9.93. The zero-order valence-electron chi connectivity index (χ0n) is 9.14. The summed E-state index contributed by atoms with van der Waals surface area (Å²) in [5.41, 5.74) is 1.67. The number of hydrogen-bond donors (Lipinski definition) is 0. The molecule has 4 heteroatoms. The second-order valence-corrected chi connectivity index (χ2v) is 3.53. The first-order valence-electron chi connectivity index (χ1n) is 5.21. The van der Waals surface area contributed by atoms with Crippen LogP contribution in [-0.2, 0) is 16.1 Å². The van der Waals surface area contributed by atoms with E-state index in [0.29, 0.717) is 6.61 Å². The molecule has 1 aromatic carbocycles. The zero-order chi connectivity index (χ0) is 11.5. The largest absolute Gasteiger partial charge is 0.465 e. The SMILES string of the molecule is [B]c1cccc2c1ccn2CC(=O)OCC. The van der Waals surface area contributed by atoms with Gasteiger partial charge in [-0.2, -0.15) is 0 Å². The number of carbonyl (C=O) groups excluding carboxylic acids is 1. The van der Waals surface area contributed by atoms with Crippen LogP contribution in [0.3, 0.4) is 0 Å². The standard InChI is InChI=1S/C12H12BNO2/c1-2-16-12(15)8-14-7-6-9-10(13)4-3-5-11(9)14/h3-7H,2,8H2,1H3. The van der Waals surface area contributed by atoms with Crippen molar-refractivity contribution >= 4 is 30.2 Å². The highest BCUT2D eigenvalue weighted by atomic mass is 16.5. The second-order valence-electron chi connectivity index (χ2n) is 3.53. The quantitative estimate of drug-likeness (QED) is 0.562. The van der Waals surface area contributed by atoms with Crippen LogP contribution in [0.1, 0.15) is 6.92 Å². The topological polar surface area (TPSA) is 31.2 Å². The number of aromatic nitrogens is 1. The van der Waals surface area contributed by atoms with Gasteiger partial charge in [0.1, 0.15) is 14.4 Å². The lowest BCUT2D eigenvalue weighted by Gasteiger charge is -2.05. The predicted octanol–water partition coefficient (Wildman–Crippen LogP) is 0.998. The third kappa shape index (κ3) is 1.96. The maximum atomic E-state index is 11.4. The van der Waals surface area contributed by atoms with Crippen molar-refractivity contribution in [1.29, 1.82) is 0 Å². The Hall–Kier alpha value is -1.71. The van der Waals surface area contributed by atoms with Gasteiger partial charge in [-0.1, -0.05) is 17.6 Å². The van der Waals surface area contributed by atoms with Crippen LogP contribution in [0.25, 0.3) is 10.9 Å². The van der Waals surface area contributed by atoms with Gasteiger partial charge in [-0.25, -0.2) is 0 Å². The van der Waals surface area contributed by atoms with Crippen LogP contribution in [-0.4, -0.2) is 25.0 Å². The van der Waals surface area contributed by atoms with Gasteiger partial charge in [0, 0.05) is 11.7 Å². The Kier molecular flexibility index (Phi) is 2.99. The Morgan fingerprint density at radius 3 is 3.00 bits per heavy atom. The summed E-state index contributed by atoms with van der Waals surface area (Å²) in [7, 11) is 5.83. The van der Waals surface area contributed by atoms with Crippen molar-refractivity contribution in [3.05, 3.63) is 30.5 Å². The Morgan fingerprint density at radius 2 is 2.25 bits per heavy atom. The molecule has 0 atom stereocenters. The number of hydrogen-bond acceptors (Lipinski definition) is 2. The summed E-state index contributed by atoms with van der Waals surface area (Å²) in [6.07, 6.45) is 1.85. The molecular formula is C12H12BNO2. The Bertz CT molecular complexity index is 519. The molecule has 0 N–H and O–H groups in total.